The van der Waals surface area contributed by atoms with Crippen molar-refractivity contribution in [2.24, 2.45) is 11.8 Å². The third-order valence-corrected chi connectivity index (χ3v) is 4.56. The summed E-state index contributed by atoms with van der Waals surface area (Å²) in [5.41, 5.74) is 0.878. The zero-order valence-corrected chi connectivity index (χ0v) is 13.2. The molecule has 3 rings (SSSR count). The Bertz CT molecular complexity index is 669. The largest absolute Gasteiger partial charge is 0.304 e. The standard InChI is InChI=1S/C17H23N5/c1-12(2)16(19-14-7-5-6-13(10-14)11-18)17-21-20-15-8-3-4-9-22(15)17/h3-4,8-9,12-14,16,19H,5-7,10H2,1-2H3/t13-,14+,16+/m1/s1. The molecule has 3 atom stereocenters. The molecule has 0 amide bonds. The second kappa shape index (κ2) is 6.45. The minimum Gasteiger partial charge on any atom is -0.304 e. The number of nitriles is 1. The van der Waals surface area contributed by atoms with E-state index in [1.54, 1.807) is 0 Å². The van der Waals surface area contributed by atoms with Crippen LogP contribution < -0.4 is 5.32 Å². The minimum atomic E-state index is 0.153. The summed E-state index contributed by atoms with van der Waals surface area (Å²) in [5.74, 6) is 1.56. The number of hydrogen-bond donors (Lipinski definition) is 1. The molecule has 2 aromatic heterocycles. The summed E-state index contributed by atoms with van der Waals surface area (Å²) in [6.45, 7) is 4.40. The van der Waals surface area contributed by atoms with E-state index >= 15 is 0 Å². The molecule has 0 aliphatic heterocycles. The predicted molar refractivity (Wildman–Crippen MR) is 85.1 cm³/mol. The van der Waals surface area contributed by atoms with Crippen molar-refractivity contribution in [3.63, 3.8) is 0 Å². The first-order valence-electron chi connectivity index (χ1n) is 8.14. The van der Waals surface area contributed by atoms with Gasteiger partial charge in [-0.05, 0) is 37.3 Å². The van der Waals surface area contributed by atoms with Crippen molar-refractivity contribution in [3.05, 3.63) is 30.2 Å². The molecule has 0 saturated heterocycles. The average molecular weight is 297 g/mol. The van der Waals surface area contributed by atoms with Crippen LogP contribution in [0, 0.1) is 23.2 Å². The first-order chi connectivity index (χ1) is 10.7. The van der Waals surface area contributed by atoms with Gasteiger partial charge in [0.25, 0.3) is 0 Å². The van der Waals surface area contributed by atoms with E-state index in [0.29, 0.717) is 12.0 Å². The van der Waals surface area contributed by atoms with Crippen molar-refractivity contribution in [2.45, 2.75) is 51.6 Å². The molecule has 2 aromatic rings. The van der Waals surface area contributed by atoms with Crippen LogP contribution in [0.1, 0.15) is 51.4 Å². The Balaban J connectivity index is 1.83. The fourth-order valence-electron chi connectivity index (χ4n) is 3.35. The van der Waals surface area contributed by atoms with Gasteiger partial charge in [-0.2, -0.15) is 5.26 Å². The zero-order valence-electron chi connectivity index (χ0n) is 13.2. The SMILES string of the molecule is CC(C)[C@H](N[C@H]1CCC[C@@H](C#N)C1)c1nnc2ccccn12. The number of pyridine rings is 1. The third kappa shape index (κ3) is 2.97. The highest BCUT2D eigenvalue weighted by atomic mass is 15.3. The van der Waals surface area contributed by atoms with Crippen LogP contribution in [0.4, 0.5) is 0 Å². The highest BCUT2D eigenvalue weighted by Crippen LogP contribution is 2.28. The van der Waals surface area contributed by atoms with E-state index in [4.69, 9.17) is 0 Å². The third-order valence-electron chi connectivity index (χ3n) is 4.56. The van der Waals surface area contributed by atoms with Gasteiger partial charge >= 0.3 is 0 Å². The van der Waals surface area contributed by atoms with Crippen LogP contribution in [0.15, 0.2) is 24.4 Å². The van der Waals surface area contributed by atoms with Crippen LogP contribution in [-0.4, -0.2) is 20.6 Å². The molecule has 1 aliphatic rings. The van der Waals surface area contributed by atoms with Crippen molar-refractivity contribution < 1.29 is 0 Å². The van der Waals surface area contributed by atoms with Gasteiger partial charge in [0, 0.05) is 18.2 Å². The van der Waals surface area contributed by atoms with E-state index in [2.05, 4.69) is 39.8 Å². The minimum absolute atomic E-state index is 0.153. The summed E-state index contributed by atoms with van der Waals surface area (Å²) in [4.78, 5) is 0. The molecule has 1 fully saturated rings. The smallest absolute Gasteiger partial charge is 0.160 e. The lowest BCUT2D eigenvalue weighted by atomic mass is 9.85. The van der Waals surface area contributed by atoms with E-state index in [0.717, 1.165) is 37.2 Å². The molecule has 1 N–H and O–H groups in total. The lowest BCUT2D eigenvalue weighted by Crippen LogP contribution is -2.39. The van der Waals surface area contributed by atoms with E-state index in [1.807, 2.05) is 24.4 Å². The summed E-state index contributed by atoms with van der Waals surface area (Å²) >= 11 is 0. The van der Waals surface area contributed by atoms with Crippen LogP contribution >= 0.6 is 0 Å². The molecule has 0 radical (unpaired) electrons. The highest BCUT2D eigenvalue weighted by Gasteiger charge is 2.28. The first kappa shape index (κ1) is 15.0. The van der Waals surface area contributed by atoms with Gasteiger partial charge in [-0.1, -0.05) is 26.3 Å². The molecule has 22 heavy (non-hydrogen) atoms. The highest BCUT2D eigenvalue weighted by molar-refractivity contribution is 5.37. The molecule has 0 aromatic carbocycles. The Hall–Kier alpha value is -1.93. The Morgan fingerprint density at radius 2 is 2.18 bits per heavy atom. The fourth-order valence-corrected chi connectivity index (χ4v) is 3.35. The van der Waals surface area contributed by atoms with E-state index in [9.17, 15) is 5.26 Å². The molecule has 0 unspecified atom stereocenters. The van der Waals surface area contributed by atoms with E-state index in [1.165, 1.54) is 0 Å². The Morgan fingerprint density at radius 1 is 1.32 bits per heavy atom. The molecule has 2 heterocycles. The average Bonchev–Trinajstić information content (AvgIpc) is 2.96. The predicted octanol–water partition coefficient (Wildman–Crippen LogP) is 3.10. The number of hydrogen-bond acceptors (Lipinski definition) is 4. The molecule has 5 heteroatoms. The fraction of sp³-hybridized carbons (Fsp3) is 0.588. The van der Waals surface area contributed by atoms with Crippen molar-refractivity contribution in [1.82, 2.24) is 19.9 Å². The normalized spacial score (nSPS) is 23.5. The summed E-state index contributed by atoms with van der Waals surface area (Å²) in [6, 6.07) is 8.92. The van der Waals surface area contributed by atoms with Crippen LogP contribution in [0.3, 0.4) is 0 Å². The van der Waals surface area contributed by atoms with Crippen molar-refractivity contribution >= 4 is 5.65 Å². The quantitative estimate of drug-likeness (QED) is 0.941. The van der Waals surface area contributed by atoms with Gasteiger partial charge in [-0.3, -0.25) is 4.40 Å². The van der Waals surface area contributed by atoms with E-state index in [-0.39, 0.29) is 12.0 Å². The van der Waals surface area contributed by atoms with Gasteiger partial charge in [0.15, 0.2) is 11.5 Å². The molecule has 0 spiro atoms. The monoisotopic (exact) mass is 297 g/mol. The van der Waals surface area contributed by atoms with Crippen LogP contribution in [0.2, 0.25) is 0 Å². The molecule has 116 valence electrons. The topological polar surface area (TPSA) is 66.0 Å². The lowest BCUT2D eigenvalue weighted by Gasteiger charge is -2.31. The van der Waals surface area contributed by atoms with Crippen LogP contribution in [0.5, 0.6) is 0 Å². The van der Waals surface area contributed by atoms with Crippen LogP contribution in [0.25, 0.3) is 5.65 Å². The maximum atomic E-state index is 9.17. The molecular formula is C17H23N5. The summed E-state index contributed by atoms with van der Waals surface area (Å²) in [5, 5.41) is 21.6. The van der Waals surface area contributed by atoms with Gasteiger partial charge in [-0.25, -0.2) is 0 Å². The van der Waals surface area contributed by atoms with Crippen molar-refractivity contribution in [3.8, 4) is 6.07 Å². The Labute approximate surface area is 131 Å². The van der Waals surface area contributed by atoms with Gasteiger partial charge in [-0.15, -0.1) is 10.2 Å². The van der Waals surface area contributed by atoms with Gasteiger partial charge < -0.3 is 5.32 Å². The van der Waals surface area contributed by atoms with E-state index < -0.39 is 0 Å². The van der Waals surface area contributed by atoms with Gasteiger partial charge in [0.05, 0.1) is 12.1 Å². The zero-order chi connectivity index (χ0) is 15.5. The molecule has 0 bridgehead atoms. The molecule has 5 nitrogen and oxygen atoms in total. The number of aromatic nitrogens is 3. The van der Waals surface area contributed by atoms with Crippen LogP contribution in [-0.2, 0) is 0 Å². The summed E-state index contributed by atoms with van der Waals surface area (Å²) < 4.78 is 2.06. The number of nitrogens with one attached hydrogen (secondary N) is 1. The van der Waals surface area contributed by atoms with Crippen molar-refractivity contribution in [2.75, 3.05) is 0 Å². The van der Waals surface area contributed by atoms with Gasteiger partial charge in [0.2, 0.25) is 0 Å². The maximum absolute atomic E-state index is 9.17. The second-order valence-corrected chi connectivity index (χ2v) is 6.56. The Morgan fingerprint density at radius 3 is 2.95 bits per heavy atom. The van der Waals surface area contributed by atoms with Crippen molar-refractivity contribution in [1.29, 1.82) is 5.26 Å². The number of rotatable bonds is 4. The molecule has 1 aliphatic carbocycles. The second-order valence-electron chi connectivity index (χ2n) is 6.56. The lowest BCUT2D eigenvalue weighted by molar-refractivity contribution is 0.268. The number of nitrogens with zero attached hydrogens (tertiary/aromatic N) is 4. The van der Waals surface area contributed by atoms with Gasteiger partial charge in [0.1, 0.15) is 0 Å². The number of fused-ring (bicyclic) bond motifs is 1. The molecule has 1 saturated carbocycles. The molecular weight excluding hydrogens is 274 g/mol. The maximum Gasteiger partial charge on any atom is 0.160 e. The Kier molecular flexibility index (Phi) is 4.39. The summed E-state index contributed by atoms with van der Waals surface area (Å²) in [7, 11) is 0. The summed E-state index contributed by atoms with van der Waals surface area (Å²) in [6.07, 6.45) is 6.26. The first-order valence-corrected chi connectivity index (χ1v) is 8.14.